The quantitative estimate of drug-likeness (QED) is 0.554. The SMILES string of the molecule is CN1CC2CCC(C1)N2C(=O)c1cnc2[nH]cc(-c3cc4ccncc4s3)c2c1. The van der Waals surface area contributed by atoms with Crippen LogP contribution in [-0.2, 0) is 0 Å². The van der Waals surface area contributed by atoms with Gasteiger partial charge in [0.05, 0.1) is 10.3 Å². The van der Waals surface area contributed by atoms with Gasteiger partial charge in [0.25, 0.3) is 5.91 Å². The molecule has 2 atom stereocenters. The van der Waals surface area contributed by atoms with Crippen LogP contribution in [0.2, 0.25) is 0 Å². The zero-order chi connectivity index (χ0) is 19.5. The average molecular weight is 404 g/mol. The Morgan fingerprint density at radius 1 is 1.21 bits per heavy atom. The van der Waals surface area contributed by atoms with Crippen LogP contribution in [0.5, 0.6) is 0 Å². The van der Waals surface area contributed by atoms with E-state index in [-0.39, 0.29) is 5.91 Å². The predicted octanol–water partition coefficient (Wildman–Crippen LogP) is 3.76. The predicted molar refractivity (Wildman–Crippen MR) is 115 cm³/mol. The van der Waals surface area contributed by atoms with E-state index in [4.69, 9.17) is 0 Å². The third kappa shape index (κ3) is 2.68. The molecule has 29 heavy (non-hydrogen) atoms. The van der Waals surface area contributed by atoms with Gasteiger partial charge in [0.1, 0.15) is 5.65 Å². The number of aromatic nitrogens is 3. The first-order valence-electron chi connectivity index (χ1n) is 9.99. The van der Waals surface area contributed by atoms with Crippen LogP contribution in [0.15, 0.2) is 43.0 Å². The maximum absolute atomic E-state index is 13.4. The van der Waals surface area contributed by atoms with Gasteiger partial charge in [-0.25, -0.2) is 4.98 Å². The van der Waals surface area contributed by atoms with Crippen LogP contribution in [0.1, 0.15) is 23.2 Å². The van der Waals surface area contributed by atoms with Crippen molar-refractivity contribution in [1.29, 1.82) is 0 Å². The molecule has 2 unspecified atom stereocenters. The van der Waals surface area contributed by atoms with Gasteiger partial charge >= 0.3 is 0 Å². The highest BCUT2D eigenvalue weighted by atomic mass is 32.1. The summed E-state index contributed by atoms with van der Waals surface area (Å²) in [5, 5.41) is 2.18. The number of hydrogen-bond acceptors (Lipinski definition) is 5. The number of carbonyl (C=O) groups excluding carboxylic acids is 1. The Morgan fingerprint density at radius 2 is 2.03 bits per heavy atom. The lowest BCUT2D eigenvalue weighted by Gasteiger charge is -2.39. The van der Waals surface area contributed by atoms with Gasteiger partial charge in [0, 0.05) is 65.8 Å². The first kappa shape index (κ1) is 17.1. The Morgan fingerprint density at radius 3 is 2.83 bits per heavy atom. The molecule has 6 nitrogen and oxygen atoms in total. The highest BCUT2D eigenvalue weighted by molar-refractivity contribution is 7.22. The lowest BCUT2D eigenvalue weighted by Crippen LogP contribution is -2.54. The standard InChI is InChI=1S/C22H21N5OS/c1-26-11-15-2-3-16(12-26)27(15)22(28)14-6-17-18(9-25-21(17)24-8-14)19-7-13-4-5-23-10-20(13)29-19/h4-10,15-16H,2-3,11-12H2,1H3,(H,24,25). The van der Waals surface area contributed by atoms with Crippen LogP contribution < -0.4 is 0 Å². The summed E-state index contributed by atoms with van der Waals surface area (Å²) >= 11 is 1.71. The maximum Gasteiger partial charge on any atom is 0.256 e. The van der Waals surface area contributed by atoms with Crippen LogP contribution in [0.25, 0.3) is 31.6 Å². The summed E-state index contributed by atoms with van der Waals surface area (Å²) in [6.45, 7) is 1.92. The van der Waals surface area contributed by atoms with Crippen LogP contribution in [-0.4, -0.2) is 62.9 Å². The molecular weight excluding hydrogens is 382 g/mol. The molecule has 0 aromatic carbocycles. The second kappa shape index (κ2) is 6.37. The number of H-pyrrole nitrogens is 1. The number of fused-ring (bicyclic) bond motifs is 4. The van der Waals surface area contributed by atoms with Crippen molar-refractivity contribution in [3.63, 3.8) is 0 Å². The molecule has 1 amide bonds. The van der Waals surface area contributed by atoms with E-state index in [1.54, 1.807) is 17.5 Å². The number of amides is 1. The van der Waals surface area contributed by atoms with Crippen molar-refractivity contribution in [2.75, 3.05) is 20.1 Å². The number of nitrogens with one attached hydrogen (secondary N) is 1. The first-order chi connectivity index (χ1) is 14.2. The molecule has 2 aliphatic rings. The van der Waals surface area contributed by atoms with Gasteiger partial charge in [-0.1, -0.05) is 0 Å². The smallest absolute Gasteiger partial charge is 0.256 e. The van der Waals surface area contributed by atoms with E-state index < -0.39 is 0 Å². The normalized spacial score (nSPS) is 22.0. The van der Waals surface area contributed by atoms with Crippen molar-refractivity contribution in [3.8, 4) is 10.4 Å². The minimum Gasteiger partial charge on any atom is -0.345 e. The summed E-state index contributed by atoms with van der Waals surface area (Å²) < 4.78 is 1.16. The van der Waals surface area contributed by atoms with Crippen molar-refractivity contribution in [2.24, 2.45) is 0 Å². The van der Waals surface area contributed by atoms with E-state index in [2.05, 4.69) is 37.9 Å². The number of likely N-dealkylation sites (tertiary alicyclic amines) is 1. The molecule has 2 aliphatic heterocycles. The largest absolute Gasteiger partial charge is 0.345 e. The molecule has 6 heterocycles. The van der Waals surface area contributed by atoms with Gasteiger partial charge in [-0.15, -0.1) is 11.3 Å². The maximum atomic E-state index is 13.4. The minimum absolute atomic E-state index is 0.118. The van der Waals surface area contributed by atoms with E-state index in [0.29, 0.717) is 17.6 Å². The molecule has 0 saturated carbocycles. The van der Waals surface area contributed by atoms with Gasteiger partial charge in [0.15, 0.2) is 0 Å². The number of thiophene rings is 1. The second-order valence-corrected chi connectivity index (χ2v) is 9.25. The molecule has 0 aliphatic carbocycles. The first-order valence-corrected chi connectivity index (χ1v) is 10.8. The molecule has 7 heteroatoms. The van der Waals surface area contributed by atoms with Gasteiger partial charge in [-0.2, -0.15) is 0 Å². The Bertz CT molecular complexity index is 1200. The number of carbonyl (C=O) groups is 1. The van der Waals surface area contributed by atoms with Gasteiger partial charge in [0.2, 0.25) is 0 Å². The van der Waals surface area contributed by atoms with Gasteiger partial charge < -0.3 is 14.8 Å². The molecular formula is C22H21N5OS. The Hall–Kier alpha value is -2.77. The van der Waals surface area contributed by atoms with Crippen LogP contribution in [0.3, 0.4) is 0 Å². The molecule has 146 valence electrons. The number of aromatic amines is 1. The third-order valence-electron chi connectivity index (χ3n) is 6.27. The van der Waals surface area contributed by atoms with Crippen LogP contribution in [0, 0.1) is 0 Å². The summed E-state index contributed by atoms with van der Waals surface area (Å²) in [4.78, 5) is 31.0. The summed E-state index contributed by atoms with van der Waals surface area (Å²) in [6.07, 6.45) is 9.62. The fourth-order valence-corrected chi connectivity index (χ4v) is 6.00. The molecule has 0 radical (unpaired) electrons. The zero-order valence-corrected chi connectivity index (χ0v) is 16.9. The number of piperazine rings is 1. The van der Waals surface area contributed by atoms with Crippen molar-refractivity contribution in [2.45, 2.75) is 24.9 Å². The summed E-state index contributed by atoms with van der Waals surface area (Å²) in [5.41, 5.74) is 2.58. The number of likely N-dealkylation sites (N-methyl/N-ethyl adjacent to an activating group) is 1. The number of pyridine rings is 2. The summed E-state index contributed by atoms with van der Waals surface area (Å²) in [5.74, 6) is 0.118. The van der Waals surface area contributed by atoms with E-state index in [1.165, 1.54) is 5.39 Å². The number of nitrogens with zero attached hydrogens (tertiary/aromatic N) is 4. The molecule has 6 rings (SSSR count). The van der Waals surface area contributed by atoms with Gasteiger partial charge in [-0.05, 0) is 43.5 Å². The third-order valence-corrected chi connectivity index (χ3v) is 7.38. The summed E-state index contributed by atoms with van der Waals surface area (Å²) in [7, 11) is 2.15. The molecule has 4 aromatic heterocycles. The summed E-state index contributed by atoms with van der Waals surface area (Å²) in [6, 6.07) is 6.86. The van der Waals surface area contributed by atoms with Crippen LogP contribution in [0.4, 0.5) is 0 Å². The molecule has 2 fully saturated rings. The molecule has 2 bridgehead atoms. The van der Waals surface area contributed by atoms with Crippen molar-refractivity contribution >= 4 is 38.4 Å². The highest BCUT2D eigenvalue weighted by Gasteiger charge is 2.41. The lowest BCUT2D eigenvalue weighted by molar-refractivity contribution is 0.0472. The Labute approximate surface area is 172 Å². The Kier molecular flexibility index (Phi) is 3.76. The second-order valence-electron chi connectivity index (χ2n) is 8.17. The van der Waals surface area contributed by atoms with E-state index >= 15 is 0 Å². The van der Waals surface area contributed by atoms with E-state index in [9.17, 15) is 4.79 Å². The fraction of sp³-hybridized carbons (Fsp3) is 0.318. The zero-order valence-electron chi connectivity index (χ0n) is 16.1. The monoisotopic (exact) mass is 403 g/mol. The number of hydrogen-bond donors (Lipinski definition) is 1. The van der Waals surface area contributed by atoms with Crippen LogP contribution >= 0.6 is 11.3 Å². The molecule has 1 N–H and O–H groups in total. The van der Waals surface area contributed by atoms with Crippen molar-refractivity contribution < 1.29 is 4.79 Å². The minimum atomic E-state index is 0.118. The fourth-order valence-electron chi connectivity index (χ4n) is 4.94. The molecule has 0 spiro atoms. The Balaban J connectivity index is 1.40. The molecule has 2 saturated heterocycles. The topological polar surface area (TPSA) is 65.1 Å². The average Bonchev–Trinajstić information content (AvgIpc) is 3.40. The molecule has 4 aromatic rings. The lowest BCUT2D eigenvalue weighted by atomic mass is 10.1. The number of rotatable bonds is 2. The van der Waals surface area contributed by atoms with E-state index in [1.807, 2.05) is 30.7 Å². The highest BCUT2D eigenvalue weighted by Crippen LogP contribution is 2.37. The van der Waals surface area contributed by atoms with Crippen molar-refractivity contribution in [1.82, 2.24) is 24.8 Å². The van der Waals surface area contributed by atoms with Crippen molar-refractivity contribution in [3.05, 3.63) is 48.5 Å². The van der Waals surface area contributed by atoms with E-state index in [0.717, 1.165) is 52.1 Å². The van der Waals surface area contributed by atoms with Gasteiger partial charge in [-0.3, -0.25) is 9.78 Å².